The average molecular weight is 538 g/mol. The highest BCUT2D eigenvalue weighted by Gasteiger charge is 2.42. The normalized spacial score (nSPS) is 16.8. The van der Waals surface area contributed by atoms with Gasteiger partial charge in [-0.1, -0.05) is 32.0 Å². The Morgan fingerprint density at radius 2 is 1.74 bits per heavy atom. The van der Waals surface area contributed by atoms with Crippen LogP contribution in [-0.4, -0.2) is 20.6 Å². The number of hydrogen-bond acceptors (Lipinski definition) is 3. The molecule has 2 aromatic carbocycles. The highest BCUT2D eigenvalue weighted by molar-refractivity contribution is 7.80. The first-order valence-corrected chi connectivity index (χ1v) is 13.9. The van der Waals surface area contributed by atoms with Crippen molar-refractivity contribution in [2.24, 2.45) is 0 Å². The number of carbonyl (C=O) groups excluding carboxylic acids is 1. The molecular weight excluding hydrogens is 502 g/mol. The quantitative estimate of drug-likeness (QED) is 0.252. The van der Waals surface area contributed by atoms with Crippen LogP contribution in [0.2, 0.25) is 0 Å². The minimum atomic E-state index is -0.130. The first kappa shape index (κ1) is 26.6. The van der Waals surface area contributed by atoms with Gasteiger partial charge in [-0.3, -0.25) is 9.78 Å². The van der Waals surface area contributed by atoms with Crippen molar-refractivity contribution >= 4 is 34.6 Å². The van der Waals surface area contributed by atoms with E-state index in [0.717, 1.165) is 40.4 Å². The summed E-state index contributed by atoms with van der Waals surface area (Å²) in [6.45, 7) is 10.4. The van der Waals surface area contributed by atoms with Gasteiger partial charge in [-0.05, 0) is 105 Å². The lowest BCUT2D eigenvalue weighted by molar-refractivity contribution is -0.115. The molecule has 1 saturated heterocycles. The fourth-order valence-corrected chi connectivity index (χ4v) is 5.84. The molecular formula is C32H35N5OS. The lowest BCUT2D eigenvalue weighted by atomic mass is 9.96. The van der Waals surface area contributed by atoms with Crippen LogP contribution in [0.1, 0.15) is 66.1 Å². The summed E-state index contributed by atoms with van der Waals surface area (Å²) in [6.07, 6.45) is 3.28. The Morgan fingerprint density at radius 1 is 1.00 bits per heavy atom. The van der Waals surface area contributed by atoms with Gasteiger partial charge in [0.2, 0.25) is 5.91 Å². The number of aromatic nitrogens is 2. The van der Waals surface area contributed by atoms with Gasteiger partial charge in [0.1, 0.15) is 0 Å². The molecule has 2 atom stereocenters. The fraction of sp³-hybridized carbons (Fsp3) is 0.281. The number of rotatable bonds is 7. The number of carbonyl (C=O) groups is 1. The summed E-state index contributed by atoms with van der Waals surface area (Å²) in [5, 5.41) is 7.21. The first-order valence-electron chi connectivity index (χ1n) is 13.5. The number of nitrogens with one attached hydrogen (secondary N) is 2. The van der Waals surface area contributed by atoms with E-state index in [2.05, 4.69) is 77.3 Å². The third-order valence-corrected chi connectivity index (χ3v) is 7.89. The Bertz CT molecular complexity index is 1510. The molecule has 1 aliphatic heterocycles. The molecule has 0 saturated carbocycles. The molecule has 7 heteroatoms. The molecule has 3 heterocycles. The SMILES string of the molecule is CCC(=O)Nc1ccc(N2C(=S)N[C@H](c3ccccn3)[C@H]2c2cc(C)n(-c3ccc(CC)cc3)c2C)cc1C. The molecule has 4 aromatic rings. The van der Waals surface area contributed by atoms with E-state index in [1.165, 1.54) is 16.8 Å². The van der Waals surface area contributed by atoms with Gasteiger partial charge in [0.15, 0.2) is 5.11 Å². The van der Waals surface area contributed by atoms with Gasteiger partial charge >= 0.3 is 0 Å². The third kappa shape index (κ3) is 5.06. The van der Waals surface area contributed by atoms with Crippen LogP contribution < -0.4 is 15.5 Å². The maximum Gasteiger partial charge on any atom is 0.224 e. The van der Waals surface area contributed by atoms with Crippen LogP contribution in [0.3, 0.4) is 0 Å². The topological polar surface area (TPSA) is 62.2 Å². The zero-order valence-corrected chi connectivity index (χ0v) is 24.0. The number of aryl methyl sites for hydroxylation is 3. The summed E-state index contributed by atoms with van der Waals surface area (Å²) in [6, 6.07) is 22.9. The summed E-state index contributed by atoms with van der Waals surface area (Å²) in [7, 11) is 0. The maximum atomic E-state index is 12.0. The van der Waals surface area contributed by atoms with Crippen LogP contribution in [0.15, 0.2) is 72.9 Å². The standard InChI is InChI=1S/C32H35N5OS/c1-6-23-11-13-24(14-12-23)36-21(4)19-26(22(36)5)31-30(28-10-8-9-17-33-28)35-32(39)37(31)25-15-16-27(20(3)18-25)34-29(38)7-2/h8-19,30-31H,6-7H2,1-5H3,(H,34,38)(H,35,39)/t30-,31-/m1/s1. The molecule has 39 heavy (non-hydrogen) atoms. The minimum absolute atomic E-state index is 0.00304. The Hall–Kier alpha value is -3.97. The van der Waals surface area contributed by atoms with E-state index < -0.39 is 0 Å². The van der Waals surface area contributed by atoms with Crippen LogP contribution in [0.25, 0.3) is 5.69 Å². The van der Waals surface area contributed by atoms with E-state index in [1.54, 1.807) is 0 Å². The molecule has 0 bridgehead atoms. The van der Waals surface area contributed by atoms with Gasteiger partial charge < -0.3 is 20.1 Å². The fourth-order valence-electron chi connectivity index (χ4n) is 5.49. The molecule has 0 radical (unpaired) electrons. The number of thiocarbonyl (C=S) groups is 1. The Kier molecular flexibility index (Phi) is 7.53. The van der Waals surface area contributed by atoms with Crippen LogP contribution in [0.5, 0.6) is 0 Å². The van der Waals surface area contributed by atoms with E-state index in [-0.39, 0.29) is 18.0 Å². The van der Waals surface area contributed by atoms with Gasteiger partial charge in [-0.15, -0.1) is 0 Å². The van der Waals surface area contributed by atoms with Crippen molar-refractivity contribution in [3.63, 3.8) is 0 Å². The number of amides is 1. The number of hydrogen-bond donors (Lipinski definition) is 2. The van der Waals surface area contributed by atoms with Gasteiger partial charge in [0.05, 0.1) is 17.8 Å². The second-order valence-corrected chi connectivity index (χ2v) is 10.5. The molecule has 5 rings (SSSR count). The van der Waals surface area contributed by atoms with Crippen molar-refractivity contribution in [3.05, 3.63) is 107 Å². The van der Waals surface area contributed by atoms with Crippen LogP contribution in [-0.2, 0) is 11.2 Å². The maximum absolute atomic E-state index is 12.0. The van der Waals surface area contributed by atoms with Crippen molar-refractivity contribution in [2.75, 3.05) is 10.2 Å². The summed E-state index contributed by atoms with van der Waals surface area (Å²) in [4.78, 5) is 18.9. The summed E-state index contributed by atoms with van der Waals surface area (Å²) in [5.74, 6) is -0.00304. The Balaban J connectivity index is 1.62. The lowest BCUT2D eigenvalue weighted by Crippen LogP contribution is -2.29. The molecule has 1 amide bonds. The largest absolute Gasteiger partial charge is 0.351 e. The molecule has 1 fully saturated rings. The minimum Gasteiger partial charge on any atom is -0.351 e. The zero-order valence-electron chi connectivity index (χ0n) is 23.2. The molecule has 0 spiro atoms. The van der Waals surface area contributed by atoms with Crippen LogP contribution in [0.4, 0.5) is 11.4 Å². The highest BCUT2D eigenvalue weighted by atomic mass is 32.1. The number of anilines is 2. The lowest BCUT2D eigenvalue weighted by Gasteiger charge is -2.29. The van der Waals surface area contributed by atoms with Crippen molar-refractivity contribution in [3.8, 4) is 5.69 Å². The van der Waals surface area contributed by atoms with Gasteiger partial charge in [0.25, 0.3) is 0 Å². The van der Waals surface area contributed by atoms with Gasteiger partial charge in [-0.25, -0.2) is 0 Å². The molecule has 1 aliphatic rings. The number of pyridine rings is 1. The number of benzene rings is 2. The van der Waals surface area contributed by atoms with E-state index in [4.69, 9.17) is 17.2 Å². The van der Waals surface area contributed by atoms with Crippen LogP contribution in [0, 0.1) is 20.8 Å². The van der Waals surface area contributed by atoms with Crippen molar-refractivity contribution in [2.45, 2.75) is 59.5 Å². The number of nitrogens with zero attached hydrogens (tertiary/aromatic N) is 3. The second-order valence-electron chi connectivity index (χ2n) is 10.1. The van der Waals surface area contributed by atoms with E-state index >= 15 is 0 Å². The molecule has 2 aromatic heterocycles. The van der Waals surface area contributed by atoms with Crippen molar-refractivity contribution in [1.29, 1.82) is 0 Å². The molecule has 6 nitrogen and oxygen atoms in total. The van der Waals surface area contributed by atoms with Crippen molar-refractivity contribution < 1.29 is 4.79 Å². The highest BCUT2D eigenvalue weighted by Crippen LogP contribution is 2.44. The zero-order chi connectivity index (χ0) is 27.7. The Labute approximate surface area is 236 Å². The van der Waals surface area contributed by atoms with Crippen molar-refractivity contribution in [1.82, 2.24) is 14.9 Å². The monoisotopic (exact) mass is 537 g/mol. The molecule has 2 N–H and O–H groups in total. The summed E-state index contributed by atoms with van der Waals surface area (Å²) in [5.41, 5.74) is 9.70. The van der Waals surface area contributed by atoms with Crippen LogP contribution >= 0.6 is 12.2 Å². The predicted octanol–water partition coefficient (Wildman–Crippen LogP) is 6.89. The smallest absolute Gasteiger partial charge is 0.224 e. The molecule has 0 aliphatic carbocycles. The summed E-state index contributed by atoms with van der Waals surface area (Å²) >= 11 is 5.96. The predicted molar refractivity (Wildman–Crippen MR) is 163 cm³/mol. The van der Waals surface area contributed by atoms with Gasteiger partial charge in [-0.2, -0.15) is 0 Å². The average Bonchev–Trinajstić information content (AvgIpc) is 3.44. The van der Waals surface area contributed by atoms with E-state index in [9.17, 15) is 4.79 Å². The molecule has 0 unspecified atom stereocenters. The molecule has 200 valence electrons. The third-order valence-electron chi connectivity index (χ3n) is 7.57. The summed E-state index contributed by atoms with van der Waals surface area (Å²) < 4.78 is 2.32. The van der Waals surface area contributed by atoms with Gasteiger partial charge in [0, 0.05) is 41.1 Å². The second kappa shape index (κ2) is 11.0. The van der Waals surface area contributed by atoms with E-state index in [0.29, 0.717) is 11.5 Å². The van der Waals surface area contributed by atoms with E-state index in [1.807, 2.05) is 50.4 Å². The first-order chi connectivity index (χ1) is 18.8. The Morgan fingerprint density at radius 3 is 2.38 bits per heavy atom.